The zero-order valence-corrected chi connectivity index (χ0v) is 16.5. The van der Waals surface area contributed by atoms with Crippen LogP contribution >= 0.6 is 22.9 Å². The summed E-state index contributed by atoms with van der Waals surface area (Å²) in [6, 6.07) is 8.37. The summed E-state index contributed by atoms with van der Waals surface area (Å²) >= 11 is 7.51. The number of nitrogens with one attached hydrogen (secondary N) is 1. The molecule has 1 aromatic heterocycles. The molecule has 6 nitrogen and oxygen atoms in total. The van der Waals surface area contributed by atoms with Crippen LogP contribution in [0.5, 0.6) is 0 Å². The second kappa shape index (κ2) is 8.54. The third-order valence-corrected chi connectivity index (χ3v) is 5.63. The van der Waals surface area contributed by atoms with Gasteiger partial charge in [0.2, 0.25) is 5.91 Å². The highest BCUT2D eigenvalue weighted by atomic mass is 35.5. The molecular formula is C19H20ClN3O3S. The summed E-state index contributed by atoms with van der Waals surface area (Å²) in [4.78, 5) is 40.9. The number of piperazine rings is 1. The van der Waals surface area contributed by atoms with Gasteiger partial charge in [-0.1, -0.05) is 24.6 Å². The van der Waals surface area contributed by atoms with Crippen LogP contribution in [0, 0.1) is 0 Å². The van der Waals surface area contributed by atoms with Gasteiger partial charge in [-0.05, 0) is 29.6 Å². The third-order valence-electron chi connectivity index (χ3n) is 4.43. The molecule has 0 spiro atoms. The summed E-state index contributed by atoms with van der Waals surface area (Å²) in [5, 5.41) is 4.95. The van der Waals surface area contributed by atoms with Crippen molar-refractivity contribution < 1.29 is 14.4 Å². The minimum Gasteiger partial charge on any atom is -0.339 e. The molecule has 0 radical (unpaired) electrons. The summed E-state index contributed by atoms with van der Waals surface area (Å²) in [6.45, 7) is 3.88. The predicted octanol–water partition coefficient (Wildman–Crippen LogP) is 3.35. The summed E-state index contributed by atoms with van der Waals surface area (Å²) < 4.78 is 0. The molecule has 8 heteroatoms. The second-order valence-corrected chi connectivity index (χ2v) is 7.51. The van der Waals surface area contributed by atoms with E-state index in [0.29, 0.717) is 53.8 Å². The molecule has 0 unspecified atom stereocenters. The average Bonchev–Trinajstić information content (AvgIpc) is 3.23. The fourth-order valence-corrected chi connectivity index (χ4v) is 3.69. The van der Waals surface area contributed by atoms with E-state index in [2.05, 4.69) is 5.32 Å². The van der Waals surface area contributed by atoms with Gasteiger partial charge in [-0.15, -0.1) is 11.3 Å². The van der Waals surface area contributed by atoms with Crippen molar-refractivity contribution in [2.45, 2.75) is 13.3 Å². The topological polar surface area (TPSA) is 69.7 Å². The van der Waals surface area contributed by atoms with Gasteiger partial charge in [-0.2, -0.15) is 0 Å². The maximum Gasteiger partial charge on any atom is 0.265 e. The Morgan fingerprint density at radius 1 is 1.11 bits per heavy atom. The number of benzene rings is 1. The lowest BCUT2D eigenvalue weighted by Crippen LogP contribution is -2.50. The van der Waals surface area contributed by atoms with E-state index in [1.54, 1.807) is 40.1 Å². The molecular weight excluding hydrogens is 386 g/mol. The van der Waals surface area contributed by atoms with Gasteiger partial charge in [0.15, 0.2) is 0 Å². The molecule has 1 saturated heterocycles. The van der Waals surface area contributed by atoms with Crippen LogP contribution in [0.1, 0.15) is 33.4 Å². The van der Waals surface area contributed by atoms with Crippen LogP contribution in [0.2, 0.25) is 5.02 Å². The highest BCUT2D eigenvalue weighted by Gasteiger charge is 2.24. The van der Waals surface area contributed by atoms with Crippen LogP contribution < -0.4 is 5.32 Å². The Kier molecular flexibility index (Phi) is 6.13. The van der Waals surface area contributed by atoms with Crippen molar-refractivity contribution in [1.82, 2.24) is 9.80 Å². The number of anilines is 1. The average molecular weight is 406 g/mol. The van der Waals surface area contributed by atoms with E-state index in [0.717, 1.165) is 0 Å². The first-order valence-corrected chi connectivity index (χ1v) is 9.96. The quantitative estimate of drug-likeness (QED) is 0.848. The van der Waals surface area contributed by atoms with Gasteiger partial charge in [0, 0.05) is 38.2 Å². The molecule has 0 aliphatic carbocycles. The fourth-order valence-electron chi connectivity index (χ4n) is 2.91. The number of nitrogens with zero attached hydrogens (tertiary/aromatic N) is 2. The molecule has 142 valence electrons. The third kappa shape index (κ3) is 4.48. The zero-order chi connectivity index (χ0) is 19.4. The molecule has 0 atom stereocenters. The molecule has 27 heavy (non-hydrogen) atoms. The Labute approximate surface area is 166 Å². The van der Waals surface area contributed by atoms with E-state index in [-0.39, 0.29) is 17.7 Å². The van der Waals surface area contributed by atoms with E-state index >= 15 is 0 Å². The van der Waals surface area contributed by atoms with E-state index in [1.807, 2.05) is 12.3 Å². The number of amides is 3. The van der Waals surface area contributed by atoms with Gasteiger partial charge in [0.25, 0.3) is 11.8 Å². The number of halogens is 1. The summed E-state index contributed by atoms with van der Waals surface area (Å²) in [5.41, 5.74) is 0.858. The molecule has 2 aromatic rings. The number of carbonyl (C=O) groups excluding carboxylic acids is 3. The first-order valence-electron chi connectivity index (χ1n) is 8.71. The van der Waals surface area contributed by atoms with Crippen LogP contribution in [-0.4, -0.2) is 53.7 Å². The maximum atomic E-state index is 12.8. The monoisotopic (exact) mass is 405 g/mol. The molecule has 1 aromatic carbocycles. The van der Waals surface area contributed by atoms with E-state index in [4.69, 9.17) is 11.6 Å². The molecule has 0 bridgehead atoms. The zero-order valence-electron chi connectivity index (χ0n) is 14.9. The lowest BCUT2D eigenvalue weighted by molar-refractivity contribution is -0.132. The lowest BCUT2D eigenvalue weighted by Gasteiger charge is -2.34. The number of carbonyl (C=O) groups is 3. The van der Waals surface area contributed by atoms with Crippen molar-refractivity contribution >= 4 is 46.3 Å². The van der Waals surface area contributed by atoms with Crippen LogP contribution in [0.3, 0.4) is 0 Å². The Morgan fingerprint density at radius 3 is 2.44 bits per heavy atom. The highest BCUT2D eigenvalue weighted by molar-refractivity contribution is 7.12. The number of hydrogen-bond acceptors (Lipinski definition) is 4. The molecule has 1 aliphatic heterocycles. The Balaban J connectivity index is 1.69. The number of rotatable bonds is 4. The van der Waals surface area contributed by atoms with Gasteiger partial charge in [-0.3, -0.25) is 14.4 Å². The number of hydrogen-bond donors (Lipinski definition) is 1. The molecule has 1 fully saturated rings. The minimum absolute atomic E-state index is 0.104. The molecule has 2 heterocycles. The van der Waals surface area contributed by atoms with Crippen molar-refractivity contribution in [2.24, 2.45) is 0 Å². The molecule has 0 saturated carbocycles. The smallest absolute Gasteiger partial charge is 0.265 e. The summed E-state index contributed by atoms with van der Waals surface area (Å²) in [6.07, 6.45) is 0.471. The van der Waals surface area contributed by atoms with Gasteiger partial charge in [0.1, 0.15) is 0 Å². The highest BCUT2D eigenvalue weighted by Crippen LogP contribution is 2.25. The largest absolute Gasteiger partial charge is 0.339 e. The molecule has 3 amide bonds. The van der Waals surface area contributed by atoms with Crippen molar-refractivity contribution in [3.63, 3.8) is 0 Å². The predicted molar refractivity (Wildman–Crippen MR) is 106 cm³/mol. The van der Waals surface area contributed by atoms with Crippen LogP contribution in [-0.2, 0) is 4.79 Å². The van der Waals surface area contributed by atoms with Gasteiger partial charge >= 0.3 is 0 Å². The second-order valence-electron chi connectivity index (χ2n) is 6.15. The normalized spacial score (nSPS) is 14.1. The molecule has 1 N–H and O–H groups in total. The standard InChI is InChI=1S/C19H20ClN3O3S/c1-2-17(24)22-7-9-23(10-8-22)19(26)13-5-6-14(20)15(12-13)21-18(25)16-4-3-11-27-16/h3-6,11-12H,2,7-10H2,1H3,(H,21,25). The van der Waals surface area contributed by atoms with E-state index < -0.39 is 0 Å². The van der Waals surface area contributed by atoms with Gasteiger partial charge < -0.3 is 15.1 Å². The van der Waals surface area contributed by atoms with E-state index in [1.165, 1.54) is 11.3 Å². The van der Waals surface area contributed by atoms with Crippen LogP contribution in [0.4, 0.5) is 5.69 Å². The maximum absolute atomic E-state index is 12.8. The molecule has 3 rings (SSSR count). The van der Waals surface area contributed by atoms with Crippen LogP contribution in [0.25, 0.3) is 0 Å². The van der Waals surface area contributed by atoms with Crippen LogP contribution in [0.15, 0.2) is 35.7 Å². The Morgan fingerprint density at radius 2 is 1.81 bits per heavy atom. The van der Waals surface area contributed by atoms with Crippen molar-refractivity contribution in [3.05, 3.63) is 51.2 Å². The Hall–Kier alpha value is -2.38. The van der Waals surface area contributed by atoms with Crippen molar-refractivity contribution in [3.8, 4) is 0 Å². The molecule has 1 aliphatic rings. The number of thiophene rings is 1. The van der Waals surface area contributed by atoms with Gasteiger partial charge in [0.05, 0.1) is 15.6 Å². The van der Waals surface area contributed by atoms with Crippen molar-refractivity contribution in [2.75, 3.05) is 31.5 Å². The first-order chi connectivity index (χ1) is 13.0. The SMILES string of the molecule is CCC(=O)N1CCN(C(=O)c2ccc(Cl)c(NC(=O)c3cccs3)c2)CC1. The summed E-state index contributed by atoms with van der Waals surface area (Å²) in [7, 11) is 0. The first kappa shape index (κ1) is 19.4. The fraction of sp³-hybridized carbons (Fsp3) is 0.316. The lowest BCUT2D eigenvalue weighted by atomic mass is 10.1. The van der Waals surface area contributed by atoms with Gasteiger partial charge in [-0.25, -0.2) is 0 Å². The Bertz CT molecular complexity index is 846. The minimum atomic E-state index is -0.261. The van der Waals surface area contributed by atoms with E-state index in [9.17, 15) is 14.4 Å². The van der Waals surface area contributed by atoms with Crippen molar-refractivity contribution in [1.29, 1.82) is 0 Å². The summed E-state index contributed by atoms with van der Waals surface area (Å²) in [5.74, 6) is -0.294.